The topological polar surface area (TPSA) is 44.8 Å². The van der Waals surface area contributed by atoms with E-state index in [9.17, 15) is 4.79 Å². The second kappa shape index (κ2) is 17.2. The minimum atomic E-state index is -0.148. The van der Waals surface area contributed by atoms with E-state index >= 15 is 0 Å². The monoisotopic (exact) mass is 522 g/mol. The molecule has 5 nitrogen and oxygen atoms in total. The third-order valence-corrected chi connectivity index (χ3v) is 5.93. The van der Waals surface area contributed by atoms with E-state index in [-0.39, 0.29) is 20.8 Å². The first-order valence-electron chi connectivity index (χ1n) is 12.9. The summed E-state index contributed by atoms with van der Waals surface area (Å²) < 4.78 is 17.8. The smallest absolute Gasteiger partial charge is 0.310 e. The molecule has 3 rings (SSSR count). The van der Waals surface area contributed by atoms with Crippen molar-refractivity contribution in [1.29, 1.82) is 0 Å². The number of nitrogens with zero attached hydrogens (tertiary/aromatic N) is 1. The van der Waals surface area contributed by atoms with Gasteiger partial charge in [0, 0.05) is 0 Å². The number of para-hydroxylation sites is 1. The number of rotatable bonds is 15. The predicted molar refractivity (Wildman–Crippen MR) is 160 cm³/mol. The maximum atomic E-state index is 12.1. The Labute approximate surface area is 231 Å². The van der Waals surface area contributed by atoms with E-state index in [0.717, 1.165) is 59.4 Å². The number of hydrogen-bond donors (Lipinski definition) is 0. The Hall–Kier alpha value is -3.31. The van der Waals surface area contributed by atoms with Crippen molar-refractivity contribution in [2.45, 2.75) is 59.8 Å². The molecule has 0 fully saturated rings. The molecular formula is C33H48NO4+. The highest BCUT2D eigenvalue weighted by Crippen LogP contribution is 2.23. The van der Waals surface area contributed by atoms with Gasteiger partial charge in [-0.05, 0) is 66.9 Å². The molecule has 3 aromatic carbocycles. The molecule has 0 aliphatic rings. The number of carbonyl (C=O) groups excluding carboxylic acids is 1. The molecule has 0 bridgehead atoms. The Morgan fingerprint density at radius 3 is 1.76 bits per heavy atom. The van der Waals surface area contributed by atoms with E-state index < -0.39 is 0 Å². The number of quaternary nitrogens is 1. The van der Waals surface area contributed by atoms with Gasteiger partial charge in [0.15, 0.2) is 0 Å². The number of carbonyl (C=O) groups is 1. The first-order valence-corrected chi connectivity index (χ1v) is 12.9. The fourth-order valence-electron chi connectivity index (χ4n) is 3.79. The second-order valence-corrected chi connectivity index (χ2v) is 9.93. The first kappa shape index (κ1) is 32.7. The molecule has 0 atom stereocenters. The van der Waals surface area contributed by atoms with Gasteiger partial charge >= 0.3 is 5.97 Å². The molecule has 0 amide bonds. The van der Waals surface area contributed by atoms with Crippen molar-refractivity contribution >= 4 is 11.7 Å². The zero-order valence-corrected chi connectivity index (χ0v) is 21.9. The number of hydrogen-bond acceptors (Lipinski definition) is 4. The van der Waals surface area contributed by atoms with E-state index in [1.807, 2.05) is 66.7 Å². The summed E-state index contributed by atoms with van der Waals surface area (Å²) in [5.74, 6) is 2.34. The zero-order valence-electron chi connectivity index (χ0n) is 21.9. The van der Waals surface area contributed by atoms with Gasteiger partial charge in [-0.2, -0.15) is 0 Å². The molecule has 0 heterocycles. The van der Waals surface area contributed by atoms with Crippen LogP contribution in [0, 0.1) is 0 Å². The van der Waals surface area contributed by atoms with E-state index in [1.54, 1.807) is 0 Å². The van der Waals surface area contributed by atoms with Crippen molar-refractivity contribution in [2.24, 2.45) is 0 Å². The molecule has 0 aromatic heterocycles. The molecule has 0 saturated carbocycles. The summed E-state index contributed by atoms with van der Waals surface area (Å²) in [6.45, 7) is 1.22. The Kier molecular flexibility index (Phi) is 14.8. The summed E-state index contributed by atoms with van der Waals surface area (Å²) in [7, 11) is 6.38. The van der Waals surface area contributed by atoms with Crippen LogP contribution in [0.15, 0.2) is 78.9 Å². The minimum Gasteiger partial charge on any atom is -0.494 e. The maximum absolute atomic E-state index is 12.1. The lowest BCUT2D eigenvalue weighted by Gasteiger charge is -2.23. The number of esters is 1. The van der Waals surface area contributed by atoms with Crippen LogP contribution in [-0.4, -0.2) is 40.3 Å². The Morgan fingerprint density at radius 1 is 0.632 bits per heavy atom. The summed E-state index contributed by atoms with van der Waals surface area (Å²) in [6, 6.07) is 25.7. The molecule has 0 aliphatic heterocycles. The van der Waals surface area contributed by atoms with Crippen molar-refractivity contribution in [3.05, 3.63) is 84.4 Å². The van der Waals surface area contributed by atoms with Crippen molar-refractivity contribution < 1.29 is 19.0 Å². The summed E-state index contributed by atoms with van der Waals surface area (Å²) in [5, 5.41) is 0. The van der Waals surface area contributed by atoms with Crippen LogP contribution in [0.1, 0.15) is 58.9 Å². The molecular weight excluding hydrogens is 474 g/mol. The average molecular weight is 523 g/mol. The number of unbranched alkanes of at least 4 members (excludes halogenated alkanes) is 5. The van der Waals surface area contributed by atoms with E-state index in [0.29, 0.717) is 19.6 Å². The van der Waals surface area contributed by atoms with Gasteiger partial charge < -0.3 is 14.2 Å². The van der Waals surface area contributed by atoms with Gasteiger partial charge in [-0.15, -0.1) is 0 Å². The van der Waals surface area contributed by atoms with E-state index in [2.05, 4.69) is 33.3 Å². The molecule has 208 valence electrons. The molecule has 5 heteroatoms. The van der Waals surface area contributed by atoms with Gasteiger partial charge in [0.25, 0.3) is 0 Å². The summed E-state index contributed by atoms with van der Waals surface area (Å²) in [5.41, 5.74) is 2.21. The largest absolute Gasteiger partial charge is 0.494 e. The molecule has 0 radical (unpaired) electrons. The molecule has 38 heavy (non-hydrogen) atoms. The van der Waals surface area contributed by atoms with Crippen molar-refractivity contribution in [1.82, 2.24) is 4.48 Å². The number of ether oxygens (including phenoxy) is 3. The molecule has 0 spiro atoms. The lowest BCUT2D eigenvalue weighted by Crippen LogP contribution is -2.34. The van der Waals surface area contributed by atoms with Crippen LogP contribution in [0.25, 0.3) is 0 Å². The summed E-state index contributed by atoms with van der Waals surface area (Å²) >= 11 is 0. The molecule has 0 aliphatic carbocycles. The normalized spacial score (nSPS) is 10.6. The van der Waals surface area contributed by atoms with Crippen LogP contribution in [-0.2, 0) is 16.0 Å². The predicted octanol–water partition coefficient (Wildman–Crippen LogP) is 8.45. The van der Waals surface area contributed by atoms with Gasteiger partial charge in [-0.1, -0.05) is 70.9 Å². The zero-order chi connectivity index (χ0) is 25.6. The molecule has 3 aromatic rings. The molecule has 0 unspecified atom stereocenters. The SMILES string of the molecule is C.C.C[N+](C)(C)c1ccc(CC(=O)OCCCCCCCCOc2ccc(Oc3ccccc3)cc2)cc1. The highest BCUT2D eigenvalue weighted by atomic mass is 16.5. The Balaban J connectivity index is 0.00000361. The van der Waals surface area contributed by atoms with E-state index in [1.165, 1.54) is 12.1 Å². The first-order chi connectivity index (χ1) is 17.4. The van der Waals surface area contributed by atoms with Gasteiger partial charge in [0.1, 0.15) is 22.9 Å². The average Bonchev–Trinajstić information content (AvgIpc) is 2.86. The van der Waals surface area contributed by atoms with Crippen LogP contribution in [0.4, 0.5) is 5.69 Å². The summed E-state index contributed by atoms with van der Waals surface area (Å²) in [4.78, 5) is 12.1. The minimum absolute atomic E-state index is 0. The lowest BCUT2D eigenvalue weighted by molar-refractivity contribution is -0.142. The molecule has 0 saturated heterocycles. The Bertz CT molecular complexity index is 1030. The van der Waals surface area contributed by atoms with Crippen LogP contribution < -0.4 is 14.0 Å². The van der Waals surface area contributed by atoms with Crippen LogP contribution >= 0.6 is 0 Å². The van der Waals surface area contributed by atoms with Crippen molar-refractivity contribution in [3.8, 4) is 17.2 Å². The van der Waals surface area contributed by atoms with Gasteiger partial charge in [0.2, 0.25) is 0 Å². The fraction of sp³-hybridized carbons (Fsp3) is 0.424. The third kappa shape index (κ3) is 12.3. The molecule has 0 N–H and O–H groups in total. The standard InChI is InChI=1S/C31H40NO4.2CH4/c1-32(2,3)27-17-15-26(16-18-27)25-31(33)35-24-12-7-5-4-6-11-23-34-28-19-21-30(22-20-28)36-29-13-9-8-10-14-29;;/h8-10,13-22H,4-7,11-12,23-25H2,1-3H3;2*1H4/q+1;;. The van der Waals surface area contributed by atoms with Gasteiger partial charge in [-0.3, -0.25) is 9.28 Å². The van der Waals surface area contributed by atoms with Crippen molar-refractivity contribution in [2.75, 3.05) is 34.4 Å². The third-order valence-electron chi connectivity index (χ3n) is 5.93. The maximum Gasteiger partial charge on any atom is 0.310 e. The Morgan fingerprint density at radius 2 is 1.16 bits per heavy atom. The van der Waals surface area contributed by atoms with Crippen LogP contribution in [0.5, 0.6) is 17.2 Å². The lowest BCUT2D eigenvalue weighted by atomic mass is 10.1. The number of benzene rings is 3. The van der Waals surface area contributed by atoms with Crippen LogP contribution in [0.3, 0.4) is 0 Å². The summed E-state index contributed by atoms with van der Waals surface area (Å²) in [6.07, 6.45) is 6.81. The quantitative estimate of drug-likeness (QED) is 0.114. The highest BCUT2D eigenvalue weighted by molar-refractivity contribution is 5.72. The van der Waals surface area contributed by atoms with Crippen LogP contribution in [0.2, 0.25) is 0 Å². The van der Waals surface area contributed by atoms with E-state index in [4.69, 9.17) is 14.2 Å². The highest BCUT2D eigenvalue weighted by Gasteiger charge is 2.12. The van der Waals surface area contributed by atoms with Gasteiger partial charge in [0.05, 0.1) is 40.8 Å². The van der Waals surface area contributed by atoms with Gasteiger partial charge in [-0.25, -0.2) is 0 Å². The fourth-order valence-corrected chi connectivity index (χ4v) is 3.79. The second-order valence-electron chi connectivity index (χ2n) is 9.93. The van der Waals surface area contributed by atoms with Crippen molar-refractivity contribution in [3.63, 3.8) is 0 Å².